The Morgan fingerprint density at radius 2 is 2.15 bits per heavy atom. The summed E-state index contributed by atoms with van der Waals surface area (Å²) in [7, 11) is 4.05. The van der Waals surface area contributed by atoms with Crippen molar-refractivity contribution < 1.29 is 0 Å². The zero-order valence-corrected chi connectivity index (χ0v) is 10.9. The fraction of sp³-hybridized carbons (Fsp3) is 0.667. The maximum absolute atomic E-state index is 4.49. The Morgan fingerprint density at radius 1 is 1.54 bits per heavy atom. The number of halogens is 1. The van der Waals surface area contributed by atoms with Crippen molar-refractivity contribution in [2.45, 2.75) is 25.1 Å². The molecule has 1 rings (SSSR count). The summed E-state index contributed by atoms with van der Waals surface area (Å²) in [5.41, 5.74) is 1.17. The molecule has 0 aliphatic rings. The van der Waals surface area contributed by atoms with E-state index in [9.17, 15) is 0 Å². The first kappa shape index (κ1) is 11.0. The van der Waals surface area contributed by atoms with Gasteiger partial charge >= 0.3 is 0 Å². The highest BCUT2D eigenvalue weighted by molar-refractivity contribution is 9.09. The molecule has 0 radical (unpaired) electrons. The van der Waals surface area contributed by atoms with Crippen LogP contribution >= 0.6 is 27.3 Å². The molecule has 2 nitrogen and oxygen atoms in total. The summed E-state index contributed by atoms with van der Waals surface area (Å²) < 4.78 is 0. The first-order valence-corrected chi connectivity index (χ1v) is 6.01. The van der Waals surface area contributed by atoms with Gasteiger partial charge in [0.2, 0.25) is 0 Å². The highest BCUT2D eigenvalue weighted by Crippen LogP contribution is 2.26. The molecule has 0 aliphatic heterocycles. The molecular weight excluding hydrogens is 248 g/mol. The van der Waals surface area contributed by atoms with Crippen molar-refractivity contribution in [3.8, 4) is 0 Å². The monoisotopic (exact) mass is 262 g/mol. The average Bonchev–Trinajstić information content (AvgIpc) is 2.31. The van der Waals surface area contributed by atoms with E-state index in [2.05, 4.69) is 39.7 Å². The summed E-state index contributed by atoms with van der Waals surface area (Å²) in [6, 6.07) is 0. The van der Waals surface area contributed by atoms with Crippen LogP contribution in [0.5, 0.6) is 0 Å². The third-order valence-corrected chi connectivity index (χ3v) is 3.40. The molecule has 0 saturated heterocycles. The Labute approximate surface area is 92.1 Å². The van der Waals surface area contributed by atoms with Crippen LogP contribution in [0, 0.1) is 6.92 Å². The summed E-state index contributed by atoms with van der Waals surface area (Å²) in [5.74, 6) is 0. The summed E-state index contributed by atoms with van der Waals surface area (Å²) in [4.78, 5) is 8.45. The molecule has 4 heteroatoms. The second kappa shape index (κ2) is 4.42. The quantitative estimate of drug-likeness (QED) is 0.779. The molecule has 0 N–H and O–H groups in total. The van der Waals surface area contributed by atoms with Gasteiger partial charge in [-0.05, 0) is 13.3 Å². The minimum atomic E-state index is 0.529. The summed E-state index contributed by atoms with van der Waals surface area (Å²) in [6.45, 7) is 4.24. The van der Waals surface area contributed by atoms with Crippen LogP contribution in [0.15, 0.2) is 0 Å². The summed E-state index contributed by atoms with van der Waals surface area (Å²) >= 11 is 5.34. The van der Waals surface area contributed by atoms with E-state index >= 15 is 0 Å². The Balaban J connectivity index is 2.83. The van der Waals surface area contributed by atoms with E-state index in [4.69, 9.17) is 0 Å². The Morgan fingerprint density at radius 3 is 2.54 bits per heavy atom. The van der Waals surface area contributed by atoms with E-state index in [0.29, 0.717) is 4.83 Å². The number of aryl methyl sites for hydroxylation is 1. The van der Waals surface area contributed by atoms with Crippen LogP contribution in [0.2, 0.25) is 0 Å². The van der Waals surface area contributed by atoms with Crippen LogP contribution in [-0.4, -0.2) is 23.9 Å². The lowest BCUT2D eigenvalue weighted by Crippen LogP contribution is -2.07. The lowest BCUT2D eigenvalue weighted by molar-refractivity contribution is 0.960. The molecule has 0 saturated carbocycles. The maximum atomic E-state index is 4.49. The third kappa shape index (κ3) is 2.95. The smallest absolute Gasteiger partial charge is 0.185 e. The van der Waals surface area contributed by atoms with Gasteiger partial charge in [0, 0.05) is 23.8 Å². The van der Waals surface area contributed by atoms with E-state index in [1.165, 1.54) is 10.6 Å². The molecule has 0 aliphatic carbocycles. The largest absolute Gasteiger partial charge is 0.354 e. The predicted molar refractivity (Wildman–Crippen MR) is 63.3 cm³/mol. The van der Waals surface area contributed by atoms with Crippen molar-refractivity contribution in [1.82, 2.24) is 4.98 Å². The van der Waals surface area contributed by atoms with Crippen LogP contribution in [0.1, 0.15) is 17.5 Å². The van der Waals surface area contributed by atoms with E-state index in [-0.39, 0.29) is 0 Å². The molecule has 0 spiro atoms. The molecule has 1 aromatic heterocycles. The van der Waals surface area contributed by atoms with Crippen molar-refractivity contribution >= 4 is 32.4 Å². The second-order valence-corrected chi connectivity index (χ2v) is 6.01. The number of hydrogen-bond acceptors (Lipinski definition) is 3. The van der Waals surface area contributed by atoms with Gasteiger partial charge in [-0.1, -0.05) is 22.9 Å². The van der Waals surface area contributed by atoms with Gasteiger partial charge in [0.15, 0.2) is 5.13 Å². The van der Waals surface area contributed by atoms with Gasteiger partial charge in [-0.25, -0.2) is 4.98 Å². The van der Waals surface area contributed by atoms with Crippen LogP contribution in [0.4, 0.5) is 5.13 Å². The molecule has 13 heavy (non-hydrogen) atoms. The Hall–Kier alpha value is -0.0900. The van der Waals surface area contributed by atoms with E-state index < -0.39 is 0 Å². The molecular formula is C9H15BrN2S. The normalized spacial score (nSPS) is 13.0. The molecule has 1 heterocycles. The van der Waals surface area contributed by atoms with Crippen LogP contribution < -0.4 is 4.90 Å². The van der Waals surface area contributed by atoms with Gasteiger partial charge in [0.05, 0.1) is 5.69 Å². The highest BCUT2D eigenvalue weighted by Gasteiger charge is 2.10. The van der Waals surface area contributed by atoms with Crippen LogP contribution in [0.3, 0.4) is 0 Å². The zero-order chi connectivity index (χ0) is 10.0. The fourth-order valence-corrected chi connectivity index (χ4v) is 2.70. The zero-order valence-electron chi connectivity index (χ0n) is 8.47. The first-order chi connectivity index (χ1) is 6.00. The maximum Gasteiger partial charge on any atom is 0.185 e. The van der Waals surface area contributed by atoms with Crippen LogP contribution in [-0.2, 0) is 6.42 Å². The highest BCUT2D eigenvalue weighted by atomic mass is 79.9. The third-order valence-electron chi connectivity index (χ3n) is 1.73. The number of rotatable bonds is 3. The molecule has 1 atom stereocenters. The standard InChI is InChI=1S/C9H15BrN2S/c1-6(10)5-8-7(2)11-9(13-8)12(3)4/h6H,5H2,1-4H3. The van der Waals surface area contributed by atoms with Crippen molar-refractivity contribution in [3.05, 3.63) is 10.6 Å². The summed E-state index contributed by atoms with van der Waals surface area (Å²) in [6.07, 6.45) is 1.07. The van der Waals surface area contributed by atoms with Gasteiger partial charge in [-0.2, -0.15) is 0 Å². The molecule has 1 unspecified atom stereocenters. The number of hydrogen-bond donors (Lipinski definition) is 0. The molecule has 74 valence electrons. The van der Waals surface area contributed by atoms with Gasteiger partial charge in [-0.15, -0.1) is 11.3 Å². The Kier molecular flexibility index (Phi) is 3.74. The molecule has 0 bridgehead atoms. The number of alkyl halides is 1. The minimum Gasteiger partial charge on any atom is -0.354 e. The Bertz CT molecular complexity index is 281. The number of nitrogens with zero attached hydrogens (tertiary/aromatic N) is 2. The minimum absolute atomic E-state index is 0.529. The first-order valence-electron chi connectivity index (χ1n) is 4.28. The van der Waals surface area contributed by atoms with Gasteiger partial charge < -0.3 is 4.90 Å². The molecule has 1 aromatic rings. The van der Waals surface area contributed by atoms with Gasteiger partial charge in [-0.3, -0.25) is 0 Å². The van der Waals surface area contributed by atoms with Gasteiger partial charge in [0.1, 0.15) is 0 Å². The van der Waals surface area contributed by atoms with Crippen molar-refractivity contribution in [2.24, 2.45) is 0 Å². The van der Waals surface area contributed by atoms with Crippen LogP contribution in [0.25, 0.3) is 0 Å². The molecule has 0 aromatic carbocycles. The van der Waals surface area contributed by atoms with E-state index in [0.717, 1.165) is 11.6 Å². The molecule has 0 amide bonds. The van der Waals surface area contributed by atoms with Crippen molar-refractivity contribution in [2.75, 3.05) is 19.0 Å². The predicted octanol–water partition coefficient (Wildman–Crippen LogP) is 2.84. The lowest BCUT2D eigenvalue weighted by Gasteiger charge is -2.05. The lowest BCUT2D eigenvalue weighted by atomic mass is 10.2. The number of anilines is 1. The topological polar surface area (TPSA) is 16.1 Å². The number of aromatic nitrogens is 1. The fourth-order valence-electron chi connectivity index (χ4n) is 1.05. The van der Waals surface area contributed by atoms with Crippen molar-refractivity contribution in [3.63, 3.8) is 0 Å². The van der Waals surface area contributed by atoms with Crippen molar-refractivity contribution in [1.29, 1.82) is 0 Å². The average molecular weight is 263 g/mol. The molecule has 0 fully saturated rings. The number of thiazole rings is 1. The van der Waals surface area contributed by atoms with Gasteiger partial charge in [0.25, 0.3) is 0 Å². The summed E-state index contributed by atoms with van der Waals surface area (Å²) in [5, 5.41) is 1.10. The van der Waals surface area contributed by atoms with E-state index in [1.54, 1.807) is 11.3 Å². The van der Waals surface area contributed by atoms with E-state index in [1.807, 2.05) is 14.1 Å². The SMILES string of the molecule is Cc1nc(N(C)C)sc1CC(C)Br. The second-order valence-electron chi connectivity index (χ2n) is 3.38.